The molecule has 94 valence electrons. The number of rotatable bonds is 4. The zero-order valence-electron chi connectivity index (χ0n) is 10.7. The van der Waals surface area contributed by atoms with Crippen molar-refractivity contribution in [1.82, 2.24) is 4.90 Å². The van der Waals surface area contributed by atoms with Crippen molar-refractivity contribution in [3.63, 3.8) is 0 Å². The van der Waals surface area contributed by atoms with Gasteiger partial charge in [0.05, 0.1) is 0 Å². The van der Waals surface area contributed by atoms with Crippen molar-refractivity contribution in [2.24, 2.45) is 17.1 Å². The number of methoxy groups -OCH3 is 1. The molecular formula is C12H24N2O2. The lowest BCUT2D eigenvalue weighted by atomic mass is 9.74. The molecule has 1 rings (SSSR count). The minimum Gasteiger partial charge on any atom is -0.375 e. The van der Waals surface area contributed by atoms with E-state index in [9.17, 15) is 4.79 Å². The zero-order valence-corrected chi connectivity index (χ0v) is 10.7. The summed E-state index contributed by atoms with van der Waals surface area (Å²) in [6, 6.07) is 0. The fraction of sp³-hybridized carbons (Fsp3) is 0.917. The monoisotopic (exact) mass is 228 g/mol. The van der Waals surface area contributed by atoms with Crippen LogP contribution >= 0.6 is 0 Å². The SMILES string of the molecule is COCC(=O)N1CCC(C(C)(C)CN)CC1. The molecule has 0 radical (unpaired) electrons. The van der Waals surface area contributed by atoms with Gasteiger partial charge in [-0.25, -0.2) is 0 Å². The van der Waals surface area contributed by atoms with Crippen molar-refractivity contribution in [2.45, 2.75) is 26.7 Å². The van der Waals surface area contributed by atoms with Crippen LogP contribution in [0.3, 0.4) is 0 Å². The van der Waals surface area contributed by atoms with Crippen molar-refractivity contribution in [3.05, 3.63) is 0 Å². The average Bonchev–Trinajstić information content (AvgIpc) is 2.29. The standard InChI is InChI=1S/C12H24N2O2/c1-12(2,9-13)10-4-6-14(7-5-10)11(15)8-16-3/h10H,4-9,13H2,1-3H3. The lowest BCUT2D eigenvalue weighted by molar-refractivity contribution is -0.137. The van der Waals surface area contributed by atoms with Gasteiger partial charge in [-0.15, -0.1) is 0 Å². The van der Waals surface area contributed by atoms with Crippen LogP contribution in [0.1, 0.15) is 26.7 Å². The maximum absolute atomic E-state index is 11.6. The summed E-state index contributed by atoms with van der Waals surface area (Å²) in [7, 11) is 1.56. The van der Waals surface area contributed by atoms with Gasteiger partial charge in [0.25, 0.3) is 0 Å². The van der Waals surface area contributed by atoms with E-state index >= 15 is 0 Å². The third-order valence-corrected chi connectivity index (χ3v) is 3.75. The Balaban J connectivity index is 2.42. The highest BCUT2D eigenvalue weighted by molar-refractivity contribution is 5.77. The van der Waals surface area contributed by atoms with E-state index in [4.69, 9.17) is 10.5 Å². The van der Waals surface area contributed by atoms with E-state index in [2.05, 4.69) is 13.8 Å². The topological polar surface area (TPSA) is 55.6 Å². The number of carbonyl (C=O) groups excluding carboxylic acids is 1. The predicted molar refractivity (Wildman–Crippen MR) is 64.0 cm³/mol. The minimum absolute atomic E-state index is 0.103. The Morgan fingerprint density at radius 1 is 1.44 bits per heavy atom. The third-order valence-electron chi connectivity index (χ3n) is 3.75. The summed E-state index contributed by atoms with van der Waals surface area (Å²) < 4.78 is 4.86. The molecule has 0 spiro atoms. The summed E-state index contributed by atoms with van der Waals surface area (Å²) in [6.45, 7) is 7.02. The van der Waals surface area contributed by atoms with Crippen LogP contribution in [0.4, 0.5) is 0 Å². The van der Waals surface area contributed by atoms with Gasteiger partial charge in [-0.2, -0.15) is 0 Å². The van der Waals surface area contributed by atoms with Gasteiger partial charge in [0, 0.05) is 20.2 Å². The van der Waals surface area contributed by atoms with Crippen molar-refractivity contribution >= 4 is 5.91 Å². The van der Waals surface area contributed by atoms with Crippen LogP contribution in [0.5, 0.6) is 0 Å². The van der Waals surface area contributed by atoms with Crippen LogP contribution < -0.4 is 5.73 Å². The van der Waals surface area contributed by atoms with E-state index in [1.54, 1.807) is 7.11 Å². The summed E-state index contributed by atoms with van der Waals surface area (Å²) in [5.41, 5.74) is 5.97. The Morgan fingerprint density at radius 2 is 2.00 bits per heavy atom. The zero-order chi connectivity index (χ0) is 12.2. The lowest BCUT2D eigenvalue weighted by Gasteiger charge is -2.40. The van der Waals surface area contributed by atoms with Crippen LogP contribution in [0.2, 0.25) is 0 Å². The van der Waals surface area contributed by atoms with Gasteiger partial charge in [0.2, 0.25) is 5.91 Å². The Morgan fingerprint density at radius 3 is 2.44 bits per heavy atom. The molecule has 0 saturated carbocycles. The first-order valence-corrected chi connectivity index (χ1v) is 5.98. The van der Waals surface area contributed by atoms with Crippen LogP contribution in [0, 0.1) is 11.3 Å². The number of nitrogens with two attached hydrogens (primary N) is 1. The molecule has 1 heterocycles. The Bertz CT molecular complexity index is 233. The highest BCUT2D eigenvalue weighted by Crippen LogP contribution is 2.33. The van der Waals surface area contributed by atoms with Crippen LogP contribution in [-0.2, 0) is 9.53 Å². The number of nitrogens with zero attached hydrogens (tertiary/aromatic N) is 1. The van der Waals surface area contributed by atoms with E-state index in [1.165, 1.54) is 0 Å². The molecule has 0 bridgehead atoms. The summed E-state index contributed by atoms with van der Waals surface area (Å²) in [5.74, 6) is 0.732. The molecule has 16 heavy (non-hydrogen) atoms. The van der Waals surface area contributed by atoms with E-state index in [0.29, 0.717) is 12.5 Å². The largest absolute Gasteiger partial charge is 0.375 e. The van der Waals surface area contributed by atoms with E-state index < -0.39 is 0 Å². The van der Waals surface area contributed by atoms with Crippen LogP contribution in [-0.4, -0.2) is 44.2 Å². The summed E-state index contributed by atoms with van der Waals surface area (Å²) in [4.78, 5) is 13.5. The molecule has 1 saturated heterocycles. The van der Waals surface area contributed by atoms with Gasteiger partial charge in [-0.1, -0.05) is 13.8 Å². The normalized spacial score (nSPS) is 18.9. The van der Waals surface area contributed by atoms with Crippen LogP contribution in [0.25, 0.3) is 0 Å². The second-order valence-electron chi connectivity index (χ2n) is 5.28. The number of amides is 1. The van der Waals surface area contributed by atoms with Crippen molar-refractivity contribution in [1.29, 1.82) is 0 Å². The van der Waals surface area contributed by atoms with Crippen molar-refractivity contribution in [3.8, 4) is 0 Å². The molecule has 0 aromatic rings. The first-order valence-electron chi connectivity index (χ1n) is 5.98. The lowest BCUT2D eigenvalue weighted by Crippen LogP contribution is -2.45. The molecule has 0 unspecified atom stereocenters. The van der Waals surface area contributed by atoms with Gasteiger partial charge in [0.15, 0.2) is 0 Å². The molecule has 4 heteroatoms. The fourth-order valence-electron chi connectivity index (χ4n) is 2.29. The number of piperidine rings is 1. The average molecular weight is 228 g/mol. The second-order valence-corrected chi connectivity index (χ2v) is 5.28. The molecule has 2 N–H and O–H groups in total. The summed E-state index contributed by atoms with van der Waals surface area (Å²) >= 11 is 0. The highest BCUT2D eigenvalue weighted by atomic mass is 16.5. The van der Waals surface area contributed by atoms with Gasteiger partial charge >= 0.3 is 0 Å². The van der Waals surface area contributed by atoms with Crippen LogP contribution in [0.15, 0.2) is 0 Å². The number of hydrogen-bond acceptors (Lipinski definition) is 3. The molecule has 1 aliphatic rings. The van der Waals surface area contributed by atoms with E-state index in [-0.39, 0.29) is 17.9 Å². The molecule has 0 atom stereocenters. The molecule has 1 amide bonds. The van der Waals surface area contributed by atoms with Gasteiger partial charge < -0.3 is 15.4 Å². The van der Waals surface area contributed by atoms with Gasteiger partial charge in [-0.3, -0.25) is 4.79 Å². The summed E-state index contributed by atoms with van der Waals surface area (Å²) in [6.07, 6.45) is 2.11. The number of carbonyl (C=O) groups is 1. The third kappa shape index (κ3) is 3.19. The number of ether oxygens (including phenoxy) is 1. The first-order chi connectivity index (χ1) is 7.51. The smallest absolute Gasteiger partial charge is 0.248 e. The Kier molecular flexibility index (Phi) is 4.74. The Hall–Kier alpha value is -0.610. The molecule has 1 fully saturated rings. The Labute approximate surface area is 98.1 Å². The highest BCUT2D eigenvalue weighted by Gasteiger charge is 2.32. The summed E-state index contributed by atoms with van der Waals surface area (Å²) in [5, 5.41) is 0. The van der Waals surface area contributed by atoms with E-state index in [0.717, 1.165) is 25.9 Å². The number of hydrogen-bond donors (Lipinski definition) is 1. The second kappa shape index (κ2) is 5.64. The quantitative estimate of drug-likeness (QED) is 0.776. The maximum Gasteiger partial charge on any atom is 0.248 e. The van der Waals surface area contributed by atoms with Gasteiger partial charge in [-0.05, 0) is 30.7 Å². The fourth-order valence-corrected chi connectivity index (χ4v) is 2.29. The molecular weight excluding hydrogens is 204 g/mol. The van der Waals surface area contributed by atoms with Crippen molar-refractivity contribution < 1.29 is 9.53 Å². The molecule has 1 aliphatic heterocycles. The molecule has 0 aromatic heterocycles. The first kappa shape index (κ1) is 13.5. The molecule has 0 aromatic carbocycles. The maximum atomic E-state index is 11.6. The molecule has 0 aliphatic carbocycles. The molecule has 4 nitrogen and oxygen atoms in total. The van der Waals surface area contributed by atoms with Gasteiger partial charge in [0.1, 0.15) is 6.61 Å². The number of likely N-dealkylation sites (tertiary alicyclic amines) is 1. The van der Waals surface area contributed by atoms with E-state index in [1.807, 2.05) is 4.90 Å². The minimum atomic E-state index is 0.103. The van der Waals surface area contributed by atoms with Crippen molar-refractivity contribution in [2.75, 3.05) is 33.4 Å². The predicted octanol–water partition coefficient (Wildman–Crippen LogP) is 0.856.